The molecule has 3 heteroatoms. The second-order valence-electron chi connectivity index (χ2n) is 5.99. The highest BCUT2D eigenvalue weighted by Gasteiger charge is 2.35. The van der Waals surface area contributed by atoms with Gasteiger partial charge in [0.25, 0.3) is 0 Å². The fourth-order valence-corrected chi connectivity index (χ4v) is 3.52. The maximum Gasteiger partial charge on any atom is 0.166 e. The maximum atomic E-state index is 12.9. The van der Waals surface area contributed by atoms with Crippen molar-refractivity contribution < 1.29 is 14.3 Å². The Labute approximate surface area is 137 Å². The van der Waals surface area contributed by atoms with Crippen LogP contribution < -0.4 is 9.47 Å². The zero-order valence-corrected chi connectivity index (χ0v) is 13.8. The second-order valence-corrected chi connectivity index (χ2v) is 5.99. The molecule has 0 saturated heterocycles. The van der Waals surface area contributed by atoms with Gasteiger partial charge in [0, 0.05) is 11.5 Å². The lowest BCUT2D eigenvalue weighted by molar-refractivity contribution is 0.0880. The van der Waals surface area contributed by atoms with Gasteiger partial charge in [-0.15, -0.1) is 0 Å². The van der Waals surface area contributed by atoms with Crippen molar-refractivity contribution in [2.24, 2.45) is 5.92 Å². The molecule has 0 amide bonds. The van der Waals surface area contributed by atoms with Crippen LogP contribution in [0.5, 0.6) is 11.5 Å². The van der Waals surface area contributed by atoms with Gasteiger partial charge >= 0.3 is 0 Å². The molecule has 2 aromatic carbocycles. The minimum absolute atomic E-state index is 0.0167. The van der Waals surface area contributed by atoms with Crippen LogP contribution in [0.1, 0.15) is 40.7 Å². The van der Waals surface area contributed by atoms with E-state index in [0.29, 0.717) is 0 Å². The Morgan fingerprint density at radius 1 is 1.00 bits per heavy atom. The first-order valence-electron chi connectivity index (χ1n) is 8.03. The third-order valence-electron chi connectivity index (χ3n) is 4.83. The molecule has 0 spiro atoms. The third kappa shape index (κ3) is 2.83. The summed E-state index contributed by atoms with van der Waals surface area (Å²) in [6, 6.07) is 13.9. The van der Waals surface area contributed by atoms with Gasteiger partial charge in [0.05, 0.1) is 14.2 Å². The van der Waals surface area contributed by atoms with E-state index in [1.54, 1.807) is 14.2 Å². The van der Waals surface area contributed by atoms with Crippen molar-refractivity contribution in [2.45, 2.75) is 25.7 Å². The van der Waals surface area contributed by atoms with Crippen LogP contribution in [-0.2, 0) is 6.42 Å². The number of methoxy groups -OCH3 is 2. The molecule has 2 unspecified atom stereocenters. The first-order valence-corrected chi connectivity index (χ1v) is 8.03. The number of rotatable bonds is 4. The normalized spacial score (nSPS) is 20.0. The first kappa shape index (κ1) is 15.6. The van der Waals surface area contributed by atoms with Gasteiger partial charge < -0.3 is 9.47 Å². The monoisotopic (exact) mass is 310 g/mol. The van der Waals surface area contributed by atoms with Gasteiger partial charge in [0.15, 0.2) is 5.78 Å². The van der Waals surface area contributed by atoms with Crippen molar-refractivity contribution in [1.82, 2.24) is 0 Å². The number of ether oxygens (including phenoxy) is 2. The largest absolute Gasteiger partial charge is 0.497 e. The average Bonchev–Trinajstić information content (AvgIpc) is 2.61. The minimum Gasteiger partial charge on any atom is -0.497 e. The number of carbonyl (C=O) groups is 1. The molecule has 120 valence electrons. The van der Waals surface area contributed by atoms with E-state index in [4.69, 9.17) is 9.47 Å². The van der Waals surface area contributed by atoms with Crippen LogP contribution in [0, 0.1) is 5.92 Å². The number of Topliss-reactive ketones (excluding diaryl/α,β-unsaturated/α-hetero) is 1. The van der Waals surface area contributed by atoms with Crippen LogP contribution in [0.4, 0.5) is 0 Å². The standard InChI is InChI=1S/C20H22O3/c1-4-17-18(13-5-8-15(22-2)9-6-13)11-14-7-10-16(23-3)12-19(14)20(17)21/h5-10,12,17-18H,4,11H2,1-3H3. The predicted molar refractivity (Wildman–Crippen MR) is 90.5 cm³/mol. The highest BCUT2D eigenvalue weighted by molar-refractivity contribution is 6.01. The summed E-state index contributed by atoms with van der Waals surface area (Å²) in [7, 11) is 3.30. The number of ketones is 1. The zero-order valence-electron chi connectivity index (χ0n) is 13.8. The highest BCUT2D eigenvalue weighted by Crippen LogP contribution is 2.40. The molecule has 0 radical (unpaired) electrons. The lowest BCUT2D eigenvalue weighted by Crippen LogP contribution is -2.29. The zero-order chi connectivity index (χ0) is 16.4. The lowest BCUT2D eigenvalue weighted by Gasteiger charge is -2.32. The van der Waals surface area contributed by atoms with Crippen molar-refractivity contribution in [1.29, 1.82) is 0 Å². The van der Waals surface area contributed by atoms with Gasteiger partial charge in [-0.05, 0) is 54.2 Å². The van der Waals surface area contributed by atoms with Crippen molar-refractivity contribution >= 4 is 5.78 Å². The highest BCUT2D eigenvalue weighted by atomic mass is 16.5. The van der Waals surface area contributed by atoms with Crippen LogP contribution in [0.3, 0.4) is 0 Å². The molecule has 23 heavy (non-hydrogen) atoms. The van der Waals surface area contributed by atoms with E-state index in [0.717, 1.165) is 35.5 Å². The van der Waals surface area contributed by atoms with Crippen LogP contribution >= 0.6 is 0 Å². The molecule has 2 aromatic rings. The van der Waals surface area contributed by atoms with E-state index < -0.39 is 0 Å². The van der Waals surface area contributed by atoms with E-state index >= 15 is 0 Å². The maximum absolute atomic E-state index is 12.9. The average molecular weight is 310 g/mol. The van der Waals surface area contributed by atoms with Gasteiger partial charge in [-0.3, -0.25) is 4.79 Å². The molecule has 1 aliphatic rings. The molecular weight excluding hydrogens is 288 g/mol. The Morgan fingerprint density at radius 3 is 2.26 bits per heavy atom. The van der Waals surface area contributed by atoms with E-state index in [-0.39, 0.29) is 17.6 Å². The van der Waals surface area contributed by atoms with Gasteiger partial charge in [0.2, 0.25) is 0 Å². The van der Waals surface area contributed by atoms with Crippen LogP contribution in [0.15, 0.2) is 42.5 Å². The summed E-state index contributed by atoms with van der Waals surface area (Å²) in [5.41, 5.74) is 3.13. The molecule has 0 bridgehead atoms. The van der Waals surface area contributed by atoms with Crippen molar-refractivity contribution in [3.05, 3.63) is 59.2 Å². The second kappa shape index (κ2) is 6.45. The predicted octanol–water partition coefficient (Wildman–Crippen LogP) is 4.25. The molecule has 0 N–H and O–H groups in total. The summed E-state index contributed by atoms with van der Waals surface area (Å²) in [6.45, 7) is 2.09. The molecule has 0 fully saturated rings. The fourth-order valence-electron chi connectivity index (χ4n) is 3.52. The number of carbonyl (C=O) groups excluding carboxylic acids is 1. The Kier molecular flexibility index (Phi) is 4.37. The smallest absolute Gasteiger partial charge is 0.166 e. The summed E-state index contributed by atoms with van der Waals surface area (Å²) in [5, 5.41) is 0. The Hall–Kier alpha value is -2.29. The molecule has 1 aliphatic carbocycles. The molecule has 2 atom stereocenters. The van der Waals surface area contributed by atoms with Gasteiger partial charge in [-0.25, -0.2) is 0 Å². The summed E-state index contributed by atoms with van der Waals surface area (Å²) in [5.74, 6) is 2.06. The summed E-state index contributed by atoms with van der Waals surface area (Å²) in [4.78, 5) is 12.9. The molecular formula is C20H22O3. The Bertz CT molecular complexity index is 703. The lowest BCUT2D eigenvalue weighted by atomic mass is 9.71. The molecule has 0 saturated carbocycles. The number of benzene rings is 2. The summed E-state index contributed by atoms with van der Waals surface area (Å²) >= 11 is 0. The van der Waals surface area contributed by atoms with E-state index in [1.165, 1.54) is 5.56 Å². The van der Waals surface area contributed by atoms with Gasteiger partial charge in [0.1, 0.15) is 11.5 Å². The van der Waals surface area contributed by atoms with Crippen LogP contribution in [0.25, 0.3) is 0 Å². The summed E-state index contributed by atoms with van der Waals surface area (Å²) in [6.07, 6.45) is 1.72. The van der Waals surface area contributed by atoms with Crippen molar-refractivity contribution in [3.63, 3.8) is 0 Å². The Balaban J connectivity index is 1.99. The van der Waals surface area contributed by atoms with Gasteiger partial charge in [-0.1, -0.05) is 25.1 Å². The molecule has 0 heterocycles. The van der Waals surface area contributed by atoms with Crippen molar-refractivity contribution in [2.75, 3.05) is 14.2 Å². The molecule has 0 aliphatic heterocycles. The minimum atomic E-state index is 0.0167. The molecule has 3 rings (SSSR count). The quantitative estimate of drug-likeness (QED) is 0.847. The number of hydrogen-bond acceptors (Lipinski definition) is 3. The number of hydrogen-bond donors (Lipinski definition) is 0. The fraction of sp³-hybridized carbons (Fsp3) is 0.350. The first-order chi connectivity index (χ1) is 11.2. The van der Waals surface area contributed by atoms with E-state index in [1.807, 2.05) is 30.3 Å². The third-order valence-corrected chi connectivity index (χ3v) is 4.83. The molecule has 0 aromatic heterocycles. The molecule has 3 nitrogen and oxygen atoms in total. The van der Waals surface area contributed by atoms with E-state index in [2.05, 4.69) is 19.1 Å². The van der Waals surface area contributed by atoms with Crippen molar-refractivity contribution in [3.8, 4) is 11.5 Å². The number of fused-ring (bicyclic) bond motifs is 1. The van der Waals surface area contributed by atoms with E-state index in [9.17, 15) is 4.79 Å². The van der Waals surface area contributed by atoms with Crippen LogP contribution in [-0.4, -0.2) is 20.0 Å². The SMILES string of the molecule is CCC1C(=O)c2cc(OC)ccc2CC1c1ccc(OC)cc1. The topological polar surface area (TPSA) is 35.5 Å². The van der Waals surface area contributed by atoms with Gasteiger partial charge in [-0.2, -0.15) is 0 Å². The summed E-state index contributed by atoms with van der Waals surface area (Å²) < 4.78 is 10.5. The van der Waals surface area contributed by atoms with Crippen LogP contribution in [0.2, 0.25) is 0 Å². The Morgan fingerprint density at radius 2 is 1.65 bits per heavy atom.